The fourth-order valence-corrected chi connectivity index (χ4v) is 2.59. The Morgan fingerprint density at radius 2 is 1.88 bits per heavy atom. The average Bonchev–Trinajstić information content (AvgIpc) is 3.01. The predicted molar refractivity (Wildman–Crippen MR) is 89.8 cm³/mol. The van der Waals surface area contributed by atoms with E-state index in [9.17, 15) is 4.79 Å². The number of benzene rings is 2. The summed E-state index contributed by atoms with van der Waals surface area (Å²) in [7, 11) is 0. The Kier molecular flexibility index (Phi) is 4.62. The van der Waals surface area contributed by atoms with Crippen molar-refractivity contribution in [1.82, 2.24) is 10.1 Å². The van der Waals surface area contributed by atoms with Crippen molar-refractivity contribution in [2.45, 2.75) is 20.5 Å². The summed E-state index contributed by atoms with van der Waals surface area (Å²) in [5, 5.41) is 4.39. The van der Waals surface area contributed by atoms with Crippen LogP contribution in [0.15, 0.2) is 47.0 Å². The fraction of sp³-hybridized carbons (Fsp3) is 0.167. The third-order valence-corrected chi connectivity index (χ3v) is 3.70. The van der Waals surface area contributed by atoms with Crippen LogP contribution in [0.25, 0.3) is 11.4 Å². The highest BCUT2D eigenvalue weighted by molar-refractivity contribution is 6.33. The molecule has 0 N–H and O–H groups in total. The third kappa shape index (κ3) is 3.63. The fourth-order valence-electron chi connectivity index (χ4n) is 2.37. The van der Waals surface area contributed by atoms with Crippen LogP contribution in [0, 0.1) is 13.8 Å². The highest BCUT2D eigenvalue weighted by Crippen LogP contribution is 2.25. The molecule has 5 nitrogen and oxygen atoms in total. The van der Waals surface area contributed by atoms with Crippen molar-refractivity contribution < 1.29 is 14.1 Å². The summed E-state index contributed by atoms with van der Waals surface area (Å²) in [4.78, 5) is 16.3. The normalized spacial score (nSPS) is 10.6. The number of hydrogen-bond donors (Lipinski definition) is 0. The summed E-state index contributed by atoms with van der Waals surface area (Å²) in [6.45, 7) is 3.76. The monoisotopic (exact) mass is 342 g/mol. The van der Waals surface area contributed by atoms with Crippen LogP contribution in [0.5, 0.6) is 0 Å². The molecule has 0 fully saturated rings. The smallest absolute Gasteiger partial charge is 0.338 e. The summed E-state index contributed by atoms with van der Waals surface area (Å²) < 4.78 is 10.3. The van der Waals surface area contributed by atoms with Gasteiger partial charge in [0.2, 0.25) is 5.82 Å². The molecule has 0 radical (unpaired) electrons. The predicted octanol–water partition coefficient (Wildman–Crippen LogP) is 4.36. The van der Waals surface area contributed by atoms with E-state index < -0.39 is 5.97 Å². The molecule has 0 saturated carbocycles. The van der Waals surface area contributed by atoms with E-state index in [1.807, 2.05) is 32.0 Å². The second-order valence-corrected chi connectivity index (χ2v) is 5.85. The molecule has 0 atom stereocenters. The molecule has 0 aliphatic carbocycles. The van der Waals surface area contributed by atoms with Crippen LogP contribution in [0.2, 0.25) is 5.02 Å². The number of carbonyl (C=O) groups excluding carboxylic acids is 1. The first-order chi connectivity index (χ1) is 11.5. The third-order valence-electron chi connectivity index (χ3n) is 3.37. The summed E-state index contributed by atoms with van der Waals surface area (Å²) in [5.74, 6) is 0.139. The zero-order valence-corrected chi connectivity index (χ0v) is 14.0. The maximum Gasteiger partial charge on any atom is 0.338 e. The van der Waals surface area contributed by atoms with Gasteiger partial charge in [-0.3, -0.25) is 0 Å². The van der Waals surface area contributed by atoms with Crippen LogP contribution >= 0.6 is 11.6 Å². The van der Waals surface area contributed by atoms with Gasteiger partial charge < -0.3 is 9.26 Å². The Labute approximate surface area is 144 Å². The van der Waals surface area contributed by atoms with Crippen molar-refractivity contribution in [3.63, 3.8) is 0 Å². The molecule has 0 amide bonds. The zero-order chi connectivity index (χ0) is 17.1. The minimum Gasteiger partial charge on any atom is -0.452 e. The molecule has 0 aliphatic rings. The van der Waals surface area contributed by atoms with Crippen LogP contribution in [0.4, 0.5) is 0 Å². The SMILES string of the molecule is Cc1cc(C)cc(C(=O)OCc2nc(-c3ccccc3Cl)no2)c1. The minimum absolute atomic E-state index is 0.0940. The molecular formula is C18H15ClN2O3. The number of carbonyl (C=O) groups is 1. The molecule has 122 valence electrons. The Hall–Kier alpha value is -2.66. The van der Waals surface area contributed by atoms with Gasteiger partial charge in [0.25, 0.3) is 5.89 Å². The van der Waals surface area contributed by atoms with Crippen LogP contribution in [-0.2, 0) is 11.3 Å². The summed E-state index contributed by atoms with van der Waals surface area (Å²) in [5.41, 5.74) is 3.16. The molecule has 1 aromatic heterocycles. The number of aryl methyl sites for hydroxylation is 2. The lowest BCUT2D eigenvalue weighted by Crippen LogP contribution is -2.06. The van der Waals surface area contributed by atoms with Gasteiger partial charge in [0.15, 0.2) is 6.61 Å². The lowest BCUT2D eigenvalue weighted by Gasteiger charge is -2.04. The van der Waals surface area contributed by atoms with E-state index in [0.29, 0.717) is 22.0 Å². The first kappa shape index (κ1) is 16.2. The lowest BCUT2D eigenvalue weighted by atomic mass is 10.1. The minimum atomic E-state index is -0.431. The Balaban J connectivity index is 1.69. The number of rotatable bonds is 4. The van der Waals surface area contributed by atoms with Gasteiger partial charge in [0.05, 0.1) is 10.6 Å². The van der Waals surface area contributed by atoms with Gasteiger partial charge in [-0.2, -0.15) is 4.98 Å². The van der Waals surface area contributed by atoms with Crippen LogP contribution in [-0.4, -0.2) is 16.1 Å². The van der Waals surface area contributed by atoms with Crippen molar-refractivity contribution in [3.8, 4) is 11.4 Å². The van der Waals surface area contributed by atoms with Crippen molar-refractivity contribution in [3.05, 3.63) is 70.1 Å². The molecule has 0 saturated heterocycles. The Morgan fingerprint density at radius 3 is 2.58 bits per heavy atom. The van der Waals surface area contributed by atoms with Crippen LogP contribution in [0.1, 0.15) is 27.4 Å². The number of aromatic nitrogens is 2. The first-order valence-electron chi connectivity index (χ1n) is 7.36. The van der Waals surface area contributed by atoms with Crippen LogP contribution < -0.4 is 0 Å². The maximum atomic E-state index is 12.1. The maximum absolute atomic E-state index is 12.1. The summed E-state index contributed by atoms with van der Waals surface area (Å²) in [6.07, 6.45) is 0. The molecule has 2 aromatic carbocycles. The van der Waals surface area contributed by atoms with Crippen molar-refractivity contribution in [2.24, 2.45) is 0 Å². The summed E-state index contributed by atoms with van der Waals surface area (Å²) >= 11 is 6.10. The molecule has 0 spiro atoms. The number of halogens is 1. The molecule has 3 rings (SSSR count). The van der Waals surface area contributed by atoms with E-state index >= 15 is 0 Å². The van der Waals surface area contributed by atoms with Crippen molar-refractivity contribution in [1.29, 1.82) is 0 Å². The van der Waals surface area contributed by atoms with E-state index in [0.717, 1.165) is 11.1 Å². The molecule has 24 heavy (non-hydrogen) atoms. The van der Waals surface area contributed by atoms with Crippen molar-refractivity contribution in [2.75, 3.05) is 0 Å². The van der Waals surface area contributed by atoms with E-state index in [2.05, 4.69) is 10.1 Å². The molecule has 0 aliphatic heterocycles. The van der Waals surface area contributed by atoms with E-state index in [1.165, 1.54) is 0 Å². The first-order valence-corrected chi connectivity index (χ1v) is 7.73. The number of nitrogens with zero attached hydrogens (tertiary/aromatic N) is 2. The molecule has 1 heterocycles. The highest BCUT2D eigenvalue weighted by Gasteiger charge is 2.14. The van der Waals surface area contributed by atoms with Crippen LogP contribution in [0.3, 0.4) is 0 Å². The molecule has 0 unspecified atom stereocenters. The topological polar surface area (TPSA) is 65.2 Å². The second kappa shape index (κ2) is 6.84. The average molecular weight is 343 g/mol. The van der Waals surface area contributed by atoms with Gasteiger partial charge in [-0.25, -0.2) is 4.79 Å². The largest absolute Gasteiger partial charge is 0.452 e. The number of ether oxygens (including phenoxy) is 1. The molecular weight excluding hydrogens is 328 g/mol. The molecule has 3 aromatic rings. The highest BCUT2D eigenvalue weighted by atomic mass is 35.5. The number of esters is 1. The van der Waals surface area contributed by atoms with Gasteiger partial charge in [-0.1, -0.05) is 46.1 Å². The van der Waals surface area contributed by atoms with Gasteiger partial charge in [-0.15, -0.1) is 0 Å². The van der Waals surface area contributed by atoms with E-state index in [4.69, 9.17) is 20.9 Å². The van der Waals surface area contributed by atoms with E-state index in [1.54, 1.807) is 24.3 Å². The number of hydrogen-bond acceptors (Lipinski definition) is 5. The Morgan fingerprint density at radius 1 is 1.17 bits per heavy atom. The quantitative estimate of drug-likeness (QED) is 0.659. The van der Waals surface area contributed by atoms with Gasteiger partial charge in [0, 0.05) is 5.56 Å². The van der Waals surface area contributed by atoms with Gasteiger partial charge in [-0.05, 0) is 38.1 Å². The standard InChI is InChI=1S/C18H15ClN2O3/c1-11-7-12(2)9-13(8-11)18(22)23-10-16-20-17(21-24-16)14-5-3-4-6-15(14)19/h3-9H,10H2,1-2H3. The van der Waals surface area contributed by atoms with Crippen molar-refractivity contribution >= 4 is 17.6 Å². The summed E-state index contributed by atoms with van der Waals surface area (Å²) in [6, 6.07) is 12.7. The molecule has 6 heteroatoms. The second-order valence-electron chi connectivity index (χ2n) is 5.44. The lowest BCUT2D eigenvalue weighted by molar-refractivity contribution is 0.0429. The zero-order valence-electron chi connectivity index (χ0n) is 13.2. The van der Waals surface area contributed by atoms with E-state index in [-0.39, 0.29) is 12.5 Å². The molecule has 0 bridgehead atoms. The Bertz CT molecular complexity index is 869. The van der Waals surface area contributed by atoms with Gasteiger partial charge >= 0.3 is 5.97 Å². The van der Waals surface area contributed by atoms with Gasteiger partial charge in [0.1, 0.15) is 0 Å².